The van der Waals surface area contributed by atoms with Crippen molar-refractivity contribution in [3.8, 4) is 11.8 Å². The predicted octanol–water partition coefficient (Wildman–Crippen LogP) is 4.44. The van der Waals surface area contributed by atoms with Crippen molar-refractivity contribution in [1.82, 2.24) is 0 Å². The van der Waals surface area contributed by atoms with E-state index in [0.717, 1.165) is 22.9 Å². The Morgan fingerprint density at radius 3 is 2.76 bits per heavy atom. The maximum absolute atomic E-state index is 12.9. The van der Waals surface area contributed by atoms with Gasteiger partial charge in [0.2, 0.25) is 5.76 Å². The summed E-state index contributed by atoms with van der Waals surface area (Å²) in [5, 5.41) is 12.2. The van der Waals surface area contributed by atoms with Crippen molar-refractivity contribution in [2.24, 2.45) is 0 Å². The largest absolute Gasteiger partial charge is 0.487 e. The van der Waals surface area contributed by atoms with Crippen LogP contribution in [0.5, 0.6) is 5.75 Å². The molecule has 1 aromatic heterocycles. The summed E-state index contributed by atoms with van der Waals surface area (Å²) in [5.41, 5.74) is 2.62. The molecule has 0 fully saturated rings. The smallest absolute Gasteiger partial charge is 0.255 e. The predicted molar refractivity (Wildman–Crippen MR) is 126 cm³/mol. The minimum absolute atomic E-state index is 0.116. The Morgan fingerprint density at radius 2 is 1.94 bits per heavy atom. The summed E-state index contributed by atoms with van der Waals surface area (Å²) >= 11 is 0. The van der Waals surface area contributed by atoms with Gasteiger partial charge in [-0.25, -0.2) is 0 Å². The number of ether oxygens (including phenoxy) is 2. The molecule has 0 saturated carbocycles. The van der Waals surface area contributed by atoms with Gasteiger partial charge in [-0.3, -0.25) is 9.59 Å². The first-order chi connectivity index (χ1) is 16.6. The van der Waals surface area contributed by atoms with Gasteiger partial charge < -0.3 is 19.2 Å². The third kappa shape index (κ3) is 4.40. The van der Waals surface area contributed by atoms with E-state index in [-0.39, 0.29) is 34.2 Å². The van der Waals surface area contributed by atoms with E-state index in [1.807, 2.05) is 36.4 Å². The van der Waals surface area contributed by atoms with Crippen LogP contribution < -0.4 is 15.5 Å². The van der Waals surface area contributed by atoms with Gasteiger partial charge in [0.05, 0.1) is 24.3 Å². The first-order valence-corrected chi connectivity index (χ1v) is 10.8. The molecule has 168 valence electrons. The number of carbonyl (C=O) groups excluding carboxylic acids is 1. The Morgan fingerprint density at radius 1 is 1.09 bits per heavy atom. The highest BCUT2D eigenvalue weighted by atomic mass is 16.5. The fourth-order valence-electron chi connectivity index (χ4n) is 3.96. The topological polar surface area (TPSA) is 102 Å². The van der Waals surface area contributed by atoms with Crippen LogP contribution in [0.15, 0.2) is 82.0 Å². The molecule has 1 atom stereocenters. The number of anilines is 1. The molecule has 34 heavy (non-hydrogen) atoms. The van der Waals surface area contributed by atoms with Crippen LogP contribution in [0.3, 0.4) is 0 Å². The minimum atomic E-state index is -0.357. The van der Waals surface area contributed by atoms with Crippen LogP contribution in [0.25, 0.3) is 11.0 Å². The second-order valence-corrected chi connectivity index (χ2v) is 7.99. The Bertz CT molecular complexity index is 1470. The Hall–Kier alpha value is -4.41. The molecule has 2 heterocycles. The standard InChI is InChI=1S/C27H20N2O5/c28-14-20-13-24(30)22-7-4-8-23(26(22)34-20)29-27(31)18-9-10-25-19(11-18)12-21(33-25)16-32-15-17-5-2-1-3-6-17/h1-11,13,21H,12,15-16H2,(H,29,31). The fourth-order valence-corrected chi connectivity index (χ4v) is 3.96. The third-order valence-electron chi connectivity index (χ3n) is 5.59. The number of hydrogen-bond acceptors (Lipinski definition) is 6. The maximum atomic E-state index is 12.9. The molecule has 1 aliphatic heterocycles. The molecule has 1 unspecified atom stereocenters. The zero-order valence-electron chi connectivity index (χ0n) is 18.1. The molecular weight excluding hydrogens is 432 g/mol. The van der Waals surface area contributed by atoms with Crippen LogP contribution in [-0.2, 0) is 17.8 Å². The minimum Gasteiger partial charge on any atom is -0.487 e. The molecular formula is C27H20N2O5. The lowest BCUT2D eigenvalue weighted by atomic mass is 10.1. The highest BCUT2D eigenvalue weighted by Crippen LogP contribution is 2.30. The van der Waals surface area contributed by atoms with E-state index in [9.17, 15) is 9.59 Å². The second-order valence-electron chi connectivity index (χ2n) is 7.99. The van der Waals surface area contributed by atoms with E-state index >= 15 is 0 Å². The molecule has 5 rings (SSSR count). The van der Waals surface area contributed by atoms with Gasteiger partial charge in [-0.05, 0) is 41.5 Å². The number of rotatable bonds is 6. The number of carbonyl (C=O) groups is 1. The van der Waals surface area contributed by atoms with Crippen LogP contribution >= 0.6 is 0 Å². The second kappa shape index (κ2) is 9.22. The Labute approximate surface area is 195 Å². The van der Waals surface area contributed by atoms with Crippen molar-refractivity contribution in [3.05, 3.63) is 105 Å². The molecule has 0 aliphatic carbocycles. The summed E-state index contributed by atoms with van der Waals surface area (Å²) in [6, 6.07) is 23.0. The fraction of sp³-hybridized carbons (Fsp3) is 0.148. The number of nitrogens with zero attached hydrogens (tertiary/aromatic N) is 1. The SMILES string of the molecule is N#Cc1cc(=O)c2cccc(NC(=O)c3ccc4c(c3)CC(COCc3ccccc3)O4)c2o1. The molecule has 1 amide bonds. The van der Waals surface area contributed by atoms with E-state index in [1.54, 1.807) is 36.4 Å². The zero-order chi connectivity index (χ0) is 23.5. The Kier molecular flexibility index (Phi) is 5.81. The van der Waals surface area contributed by atoms with Gasteiger partial charge in [0.1, 0.15) is 17.9 Å². The van der Waals surface area contributed by atoms with Crippen LogP contribution in [0.1, 0.15) is 27.2 Å². The molecule has 1 N–H and O–H groups in total. The number of para-hydroxylation sites is 1. The van der Waals surface area contributed by atoms with E-state index in [2.05, 4.69) is 5.32 Å². The number of nitriles is 1. The van der Waals surface area contributed by atoms with E-state index in [1.165, 1.54) is 0 Å². The lowest BCUT2D eigenvalue weighted by molar-refractivity contribution is 0.0510. The molecule has 4 aromatic rings. The summed E-state index contributed by atoms with van der Waals surface area (Å²) in [6.07, 6.45) is 0.522. The molecule has 0 saturated heterocycles. The van der Waals surface area contributed by atoms with Gasteiger partial charge in [0.25, 0.3) is 5.91 Å². The van der Waals surface area contributed by atoms with Crippen LogP contribution in [-0.4, -0.2) is 18.6 Å². The summed E-state index contributed by atoms with van der Waals surface area (Å²) in [5.74, 6) is 0.262. The molecule has 1 aliphatic rings. The van der Waals surface area contributed by atoms with Gasteiger partial charge in [-0.1, -0.05) is 36.4 Å². The molecule has 3 aromatic carbocycles. The number of fused-ring (bicyclic) bond motifs is 2. The molecule has 0 spiro atoms. The number of nitrogens with one attached hydrogen (secondary N) is 1. The molecule has 7 heteroatoms. The Balaban J connectivity index is 1.28. The van der Waals surface area contributed by atoms with Gasteiger partial charge in [-0.15, -0.1) is 0 Å². The summed E-state index contributed by atoms with van der Waals surface area (Å²) in [7, 11) is 0. The first-order valence-electron chi connectivity index (χ1n) is 10.8. The van der Waals surface area contributed by atoms with Gasteiger partial charge in [0, 0.05) is 18.1 Å². The molecule has 0 bridgehead atoms. The number of hydrogen-bond donors (Lipinski definition) is 1. The quantitative estimate of drug-likeness (QED) is 0.464. The van der Waals surface area contributed by atoms with E-state index in [4.69, 9.17) is 19.2 Å². The molecule has 7 nitrogen and oxygen atoms in total. The van der Waals surface area contributed by atoms with Crippen molar-refractivity contribution >= 4 is 22.6 Å². The van der Waals surface area contributed by atoms with Crippen molar-refractivity contribution < 1.29 is 18.7 Å². The van der Waals surface area contributed by atoms with E-state index < -0.39 is 0 Å². The maximum Gasteiger partial charge on any atom is 0.255 e. The van der Waals surface area contributed by atoms with Gasteiger partial charge >= 0.3 is 0 Å². The normalized spacial score (nSPS) is 14.3. The number of benzene rings is 3. The summed E-state index contributed by atoms with van der Waals surface area (Å²) in [4.78, 5) is 25.2. The van der Waals surface area contributed by atoms with Crippen LogP contribution in [0.4, 0.5) is 5.69 Å². The summed E-state index contributed by atoms with van der Waals surface area (Å²) < 4.78 is 17.3. The highest BCUT2D eigenvalue weighted by Gasteiger charge is 2.24. The monoisotopic (exact) mass is 452 g/mol. The van der Waals surface area contributed by atoms with Crippen molar-refractivity contribution in [2.75, 3.05) is 11.9 Å². The average molecular weight is 452 g/mol. The van der Waals surface area contributed by atoms with Crippen molar-refractivity contribution in [1.29, 1.82) is 5.26 Å². The van der Waals surface area contributed by atoms with Crippen LogP contribution in [0.2, 0.25) is 0 Å². The van der Waals surface area contributed by atoms with E-state index in [0.29, 0.717) is 30.9 Å². The lowest BCUT2D eigenvalue weighted by Gasteiger charge is -2.11. The summed E-state index contributed by atoms with van der Waals surface area (Å²) in [6.45, 7) is 0.959. The first kappa shape index (κ1) is 21.4. The highest BCUT2D eigenvalue weighted by molar-refractivity contribution is 6.08. The lowest BCUT2D eigenvalue weighted by Crippen LogP contribution is -2.20. The van der Waals surface area contributed by atoms with Crippen molar-refractivity contribution in [2.45, 2.75) is 19.1 Å². The number of amides is 1. The van der Waals surface area contributed by atoms with Crippen molar-refractivity contribution in [3.63, 3.8) is 0 Å². The van der Waals surface area contributed by atoms with Gasteiger partial charge in [-0.2, -0.15) is 5.26 Å². The van der Waals surface area contributed by atoms with Gasteiger partial charge in [0.15, 0.2) is 11.0 Å². The molecule has 0 radical (unpaired) electrons. The third-order valence-corrected chi connectivity index (χ3v) is 5.59. The average Bonchev–Trinajstić information content (AvgIpc) is 3.27. The zero-order valence-corrected chi connectivity index (χ0v) is 18.1. The van der Waals surface area contributed by atoms with Crippen LogP contribution in [0, 0.1) is 11.3 Å².